The maximum absolute atomic E-state index is 12.0. The molecule has 0 aliphatic heterocycles. The summed E-state index contributed by atoms with van der Waals surface area (Å²) < 4.78 is 5.85. The average Bonchev–Trinajstić information content (AvgIpc) is 2.69. The molecular formula is C20H16ClN3O2. The number of halogens is 1. The zero-order valence-electron chi connectivity index (χ0n) is 13.8. The van der Waals surface area contributed by atoms with E-state index < -0.39 is 0 Å². The molecule has 0 saturated carbocycles. The second-order valence-electron chi connectivity index (χ2n) is 5.35. The third kappa shape index (κ3) is 4.68. The Labute approximate surface area is 156 Å². The SMILES string of the molecule is O=C(N/N=C/c1ccccc1OCc1ccccc1Cl)c1ccncc1. The van der Waals surface area contributed by atoms with E-state index in [9.17, 15) is 4.79 Å². The molecule has 1 aromatic heterocycles. The first-order valence-corrected chi connectivity index (χ1v) is 8.30. The Morgan fingerprint density at radius 1 is 1.08 bits per heavy atom. The number of hydrazone groups is 1. The van der Waals surface area contributed by atoms with E-state index in [2.05, 4.69) is 15.5 Å². The van der Waals surface area contributed by atoms with Crippen LogP contribution in [0.15, 0.2) is 78.2 Å². The monoisotopic (exact) mass is 365 g/mol. The summed E-state index contributed by atoms with van der Waals surface area (Å²) in [6.07, 6.45) is 4.65. The predicted molar refractivity (Wildman–Crippen MR) is 102 cm³/mol. The fraction of sp³-hybridized carbons (Fsp3) is 0.0500. The molecule has 1 heterocycles. The minimum atomic E-state index is -0.307. The van der Waals surface area contributed by atoms with Gasteiger partial charge in [-0.3, -0.25) is 9.78 Å². The third-order valence-corrected chi connectivity index (χ3v) is 3.94. The fourth-order valence-corrected chi connectivity index (χ4v) is 2.41. The van der Waals surface area contributed by atoms with Gasteiger partial charge in [-0.2, -0.15) is 5.10 Å². The van der Waals surface area contributed by atoms with Crippen LogP contribution >= 0.6 is 11.6 Å². The lowest BCUT2D eigenvalue weighted by Gasteiger charge is -2.10. The third-order valence-electron chi connectivity index (χ3n) is 3.57. The number of para-hydroxylation sites is 1. The Kier molecular flexibility index (Phi) is 5.96. The largest absolute Gasteiger partial charge is 0.488 e. The Bertz CT molecular complexity index is 914. The molecule has 6 heteroatoms. The number of nitrogens with one attached hydrogen (secondary N) is 1. The molecule has 3 aromatic rings. The summed E-state index contributed by atoms with van der Waals surface area (Å²) in [6.45, 7) is 0.341. The molecule has 0 atom stereocenters. The van der Waals surface area contributed by atoms with Crippen LogP contribution in [0.2, 0.25) is 5.02 Å². The van der Waals surface area contributed by atoms with Gasteiger partial charge in [-0.05, 0) is 30.3 Å². The smallest absolute Gasteiger partial charge is 0.271 e. The Morgan fingerprint density at radius 2 is 1.81 bits per heavy atom. The predicted octanol–water partition coefficient (Wildman–Crippen LogP) is 4.08. The van der Waals surface area contributed by atoms with E-state index in [-0.39, 0.29) is 5.91 Å². The number of carbonyl (C=O) groups is 1. The lowest BCUT2D eigenvalue weighted by Crippen LogP contribution is -2.17. The number of carbonyl (C=O) groups excluding carboxylic acids is 1. The molecule has 1 amide bonds. The van der Waals surface area contributed by atoms with E-state index in [4.69, 9.17) is 16.3 Å². The van der Waals surface area contributed by atoms with Crippen molar-refractivity contribution in [2.45, 2.75) is 6.61 Å². The van der Waals surface area contributed by atoms with Crippen LogP contribution < -0.4 is 10.2 Å². The van der Waals surface area contributed by atoms with Crippen molar-refractivity contribution in [2.75, 3.05) is 0 Å². The molecule has 1 N–H and O–H groups in total. The normalized spacial score (nSPS) is 10.7. The Morgan fingerprint density at radius 3 is 2.62 bits per heavy atom. The molecule has 0 bridgehead atoms. The molecule has 3 rings (SSSR count). The first-order valence-electron chi connectivity index (χ1n) is 7.93. The van der Waals surface area contributed by atoms with Crippen molar-refractivity contribution in [3.8, 4) is 5.75 Å². The second kappa shape index (κ2) is 8.78. The lowest BCUT2D eigenvalue weighted by atomic mass is 10.2. The molecule has 0 aliphatic rings. The lowest BCUT2D eigenvalue weighted by molar-refractivity contribution is 0.0955. The Balaban J connectivity index is 1.65. The number of pyridine rings is 1. The van der Waals surface area contributed by atoms with Crippen molar-refractivity contribution in [1.29, 1.82) is 0 Å². The van der Waals surface area contributed by atoms with Gasteiger partial charge in [0.25, 0.3) is 5.91 Å². The van der Waals surface area contributed by atoms with Crippen LogP contribution in [0.1, 0.15) is 21.5 Å². The molecule has 26 heavy (non-hydrogen) atoms. The van der Waals surface area contributed by atoms with E-state index in [1.807, 2.05) is 48.5 Å². The van der Waals surface area contributed by atoms with Crippen LogP contribution in [0.4, 0.5) is 0 Å². The molecule has 0 unspecified atom stereocenters. The molecule has 5 nitrogen and oxygen atoms in total. The van der Waals surface area contributed by atoms with Gasteiger partial charge in [-0.15, -0.1) is 0 Å². The van der Waals surface area contributed by atoms with Gasteiger partial charge in [-0.25, -0.2) is 5.43 Å². The van der Waals surface area contributed by atoms with Crippen LogP contribution in [-0.4, -0.2) is 17.1 Å². The number of ether oxygens (including phenoxy) is 1. The highest BCUT2D eigenvalue weighted by molar-refractivity contribution is 6.31. The molecule has 0 fully saturated rings. The molecule has 0 spiro atoms. The van der Waals surface area contributed by atoms with E-state index in [0.717, 1.165) is 11.1 Å². The number of benzene rings is 2. The van der Waals surface area contributed by atoms with E-state index in [1.165, 1.54) is 0 Å². The van der Waals surface area contributed by atoms with Crippen molar-refractivity contribution in [1.82, 2.24) is 10.4 Å². The van der Waals surface area contributed by atoms with Crippen LogP contribution in [0.5, 0.6) is 5.75 Å². The van der Waals surface area contributed by atoms with Crippen molar-refractivity contribution < 1.29 is 9.53 Å². The van der Waals surface area contributed by atoms with Crippen LogP contribution in [-0.2, 0) is 6.61 Å². The second-order valence-corrected chi connectivity index (χ2v) is 5.76. The van der Waals surface area contributed by atoms with Crippen LogP contribution in [0, 0.1) is 0 Å². The minimum absolute atomic E-state index is 0.307. The van der Waals surface area contributed by atoms with Gasteiger partial charge in [0, 0.05) is 34.1 Å². The molecule has 0 aliphatic carbocycles. The number of nitrogens with zero attached hydrogens (tertiary/aromatic N) is 2. The topological polar surface area (TPSA) is 63.6 Å². The quantitative estimate of drug-likeness (QED) is 0.529. The number of amides is 1. The molecule has 2 aromatic carbocycles. The summed E-state index contributed by atoms with van der Waals surface area (Å²) in [5.41, 5.74) is 4.61. The number of aromatic nitrogens is 1. The maximum Gasteiger partial charge on any atom is 0.271 e. The Hall–Kier alpha value is -3.18. The van der Waals surface area contributed by atoms with Crippen molar-refractivity contribution in [3.63, 3.8) is 0 Å². The van der Waals surface area contributed by atoms with E-state index in [0.29, 0.717) is 22.9 Å². The zero-order chi connectivity index (χ0) is 18.2. The molecule has 0 saturated heterocycles. The summed E-state index contributed by atoms with van der Waals surface area (Å²) in [5.74, 6) is 0.340. The molecule has 0 radical (unpaired) electrons. The van der Waals surface area contributed by atoms with E-state index >= 15 is 0 Å². The first kappa shape index (κ1) is 17.6. The molecule has 130 valence electrons. The van der Waals surface area contributed by atoms with Gasteiger partial charge in [0.05, 0.1) is 6.21 Å². The summed E-state index contributed by atoms with van der Waals surface area (Å²) in [5, 5.41) is 4.66. The average molecular weight is 366 g/mol. The summed E-state index contributed by atoms with van der Waals surface area (Å²) in [7, 11) is 0. The molecular weight excluding hydrogens is 350 g/mol. The summed E-state index contributed by atoms with van der Waals surface area (Å²) in [4.78, 5) is 15.8. The van der Waals surface area contributed by atoms with E-state index in [1.54, 1.807) is 30.7 Å². The zero-order valence-corrected chi connectivity index (χ0v) is 14.6. The van der Waals surface area contributed by atoms with Gasteiger partial charge >= 0.3 is 0 Å². The number of rotatable bonds is 6. The highest BCUT2D eigenvalue weighted by Gasteiger charge is 2.05. The van der Waals surface area contributed by atoms with Gasteiger partial charge in [0.1, 0.15) is 12.4 Å². The minimum Gasteiger partial charge on any atom is -0.488 e. The summed E-state index contributed by atoms with van der Waals surface area (Å²) in [6, 6.07) is 18.2. The van der Waals surface area contributed by atoms with Crippen molar-refractivity contribution >= 4 is 23.7 Å². The van der Waals surface area contributed by atoms with Gasteiger partial charge in [0.2, 0.25) is 0 Å². The highest BCUT2D eigenvalue weighted by Crippen LogP contribution is 2.20. The number of hydrogen-bond donors (Lipinski definition) is 1. The number of hydrogen-bond acceptors (Lipinski definition) is 4. The standard InChI is InChI=1S/C20H16ClN3O2/c21-18-7-3-1-6-17(18)14-26-19-8-4-2-5-16(19)13-23-24-20(25)15-9-11-22-12-10-15/h1-13H,14H2,(H,24,25)/b23-13+. The van der Waals surface area contributed by atoms with Crippen molar-refractivity contribution in [3.05, 3.63) is 94.8 Å². The van der Waals surface area contributed by atoms with Crippen LogP contribution in [0.3, 0.4) is 0 Å². The van der Waals surface area contributed by atoms with Gasteiger partial charge in [0.15, 0.2) is 0 Å². The van der Waals surface area contributed by atoms with Crippen LogP contribution in [0.25, 0.3) is 0 Å². The summed E-state index contributed by atoms with van der Waals surface area (Å²) >= 11 is 6.15. The maximum atomic E-state index is 12.0. The highest BCUT2D eigenvalue weighted by atomic mass is 35.5. The first-order chi connectivity index (χ1) is 12.7. The van der Waals surface area contributed by atoms with Crippen molar-refractivity contribution in [2.24, 2.45) is 5.10 Å². The fourth-order valence-electron chi connectivity index (χ4n) is 2.22. The van der Waals surface area contributed by atoms with Gasteiger partial charge in [-0.1, -0.05) is 41.9 Å². The van der Waals surface area contributed by atoms with Gasteiger partial charge < -0.3 is 4.74 Å².